The lowest BCUT2D eigenvalue weighted by Crippen LogP contribution is -2.37. The molecule has 2 aromatic rings. The minimum absolute atomic E-state index is 0.324. The van der Waals surface area contributed by atoms with Crippen molar-refractivity contribution < 1.29 is 4.74 Å². The Morgan fingerprint density at radius 2 is 2.05 bits per heavy atom. The molecule has 2 fully saturated rings. The first kappa shape index (κ1) is 13.7. The lowest BCUT2D eigenvalue weighted by molar-refractivity contribution is 0.0959. The maximum Gasteiger partial charge on any atom is 0.273 e. The van der Waals surface area contributed by atoms with Crippen molar-refractivity contribution in [3.63, 3.8) is 0 Å². The quantitative estimate of drug-likeness (QED) is 0.844. The molecule has 6 heteroatoms. The zero-order chi connectivity index (χ0) is 14.1. The van der Waals surface area contributed by atoms with Crippen LogP contribution in [-0.4, -0.2) is 34.1 Å². The highest BCUT2D eigenvalue weighted by Gasteiger charge is 2.27. The minimum Gasteiger partial charge on any atom is -0.467 e. The van der Waals surface area contributed by atoms with Crippen LogP contribution in [0.2, 0.25) is 0 Å². The third kappa shape index (κ3) is 3.44. The molecule has 0 unspecified atom stereocenters. The van der Waals surface area contributed by atoms with Gasteiger partial charge in [0, 0.05) is 42.5 Å². The monoisotopic (exact) mass is 321 g/mol. The second-order valence-corrected chi connectivity index (χ2v) is 7.59. The Morgan fingerprint density at radius 3 is 2.76 bits per heavy atom. The first-order valence-electron chi connectivity index (χ1n) is 7.59. The van der Waals surface area contributed by atoms with Crippen molar-refractivity contribution in [2.24, 2.45) is 0 Å². The molecule has 1 saturated heterocycles. The number of nitrogens with zero attached hydrogens (tertiary/aromatic N) is 3. The van der Waals surface area contributed by atoms with E-state index in [1.54, 1.807) is 17.5 Å². The predicted molar refractivity (Wildman–Crippen MR) is 85.1 cm³/mol. The van der Waals surface area contributed by atoms with Crippen LogP contribution in [0.25, 0.3) is 0 Å². The van der Waals surface area contributed by atoms with Crippen LogP contribution in [0.4, 0.5) is 0 Å². The molecule has 2 aliphatic rings. The van der Waals surface area contributed by atoms with E-state index in [0.29, 0.717) is 6.10 Å². The summed E-state index contributed by atoms with van der Waals surface area (Å²) in [5.41, 5.74) is 1.25. The summed E-state index contributed by atoms with van der Waals surface area (Å²) in [6, 6.07) is 0. The maximum absolute atomic E-state index is 5.90. The van der Waals surface area contributed by atoms with E-state index in [1.165, 1.54) is 23.5 Å². The predicted octanol–water partition coefficient (Wildman–Crippen LogP) is 3.52. The van der Waals surface area contributed by atoms with Crippen LogP contribution in [0.15, 0.2) is 17.0 Å². The van der Waals surface area contributed by atoms with E-state index in [4.69, 9.17) is 9.72 Å². The van der Waals surface area contributed by atoms with Crippen LogP contribution in [0.1, 0.15) is 42.3 Å². The number of aromatic nitrogens is 2. The zero-order valence-electron chi connectivity index (χ0n) is 11.9. The molecule has 0 atom stereocenters. The summed E-state index contributed by atoms with van der Waals surface area (Å²) in [6.07, 6.45) is 6.97. The molecule has 0 N–H and O–H groups in total. The van der Waals surface area contributed by atoms with Gasteiger partial charge in [-0.1, -0.05) is 11.3 Å². The Balaban J connectivity index is 1.26. The molecular formula is C15H19N3OS2. The van der Waals surface area contributed by atoms with Crippen molar-refractivity contribution in [1.29, 1.82) is 0 Å². The van der Waals surface area contributed by atoms with E-state index in [1.807, 2.05) is 16.7 Å². The second-order valence-electron chi connectivity index (χ2n) is 5.84. The molecule has 0 amide bonds. The Bertz CT molecular complexity index is 572. The van der Waals surface area contributed by atoms with Gasteiger partial charge in [0.1, 0.15) is 6.10 Å². The summed E-state index contributed by atoms with van der Waals surface area (Å²) in [7, 11) is 0. The summed E-state index contributed by atoms with van der Waals surface area (Å²) >= 11 is 3.42. The highest BCUT2D eigenvalue weighted by Crippen LogP contribution is 2.41. The van der Waals surface area contributed by atoms with Gasteiger partial charge in [-0.05, 0) is 25.7 Å². The SMILES string of the molecule is c1csc(OC2CCN(Cc3csc(C4CC4)n3)CC2)n1. The average Bonchev–Trinajstić information content (AvgIpc) is 3.03. The Morgan fingerprint density at radius 1 is 1.19 bits per heavy atom. The first-order chi connectivity index (χ1) is 10.4. The van der Waals surface area contributed by atoms with E-state index in [-0.39, 0.29) is 0 Å². The first-order valence-corrected chi connectivity index (χ1v) is 9.35. The van der Waals surface area contributed by atoms with Crippen molar-refractivity contribution in [2.75, 3.05) is 13.1 Å². The molecular weight excluding hydrogens is 302 g/mol. The number of ether oxygens (including phenoxy) is 1. The second kappa shape index (κ2) is 6.02. The molecule has 1 saturated carbocycles. The number of hydrogen-bond donors (Lipinski definition) is 0. The lowest BCUT2D eigenvalue weighted by Gasteiger charge is -2.30. The van der Waals surface area contributed by atoms with Crippen LogP contribution in [0, 0.1) is 0 Å². The van der Waals surface area contributed by atoms with Crippen molar-refractivity contribution >= 4 is 22.7 Å². The van der Waals surface area contributed by atoms with E-state index in [9.17, 15) is 0 Å². The van der Waals surface area contributed by atoms with Crippen molar-refractivity contribution in [3.8, 4) is 5.19 Å². The van der Waals surface area contributed by atoms with Gasteiger partial charge < -0.3 is 4.74 Å². The largest absolute Gasteiger partial charge is 0.467 e. The normalized spacial score (nSPS) is 20.8. The van der Waals surface area contributed by atoms with Crippen LogP contribution in [0.5, 0.6) is 5.19 Å². The molecule has 112 valence electrons. The number of likely N-dealkylation sites (tertiary alicyclic amines) is 1. The number of hydrogen-bond acceptors (Lipinski definition) is 6. The number of thiazole rings is 2. The zero-order valence-corrected chi connectivity index (χ0v) is 13.5. The smallest absolute Gasteiger partial charge is 0.273 e. The van der Waals surface area contributed by atoms with Gasteiger partial charge in [0.2, 0.25) is 0 Å². The summed E-state index contributed by atoms with van der Waals surface area (Å²) < 4.78 is 5.90. The van der Waals surface area contributed by atoms with Gasteiger partial charge in [-0.15, -0.1) is 11.3 Å². The van der Waals surface area contributed by atoms with E-state index in [0.717, 1.165) is 43.6 Å². The summed E-state index contributed by atoms with van der Waals surface area (Å²) in [5, 5.41) is 6.37. The molecule has 4 nitrogen and oxygen atoms in total. The van der Waals surface area contributed by atoms with Gasteiger partial charge in [0.05, 0.1) is 10.7 Å². The molecule has 21 heavy (non-hydrogen) atoms. The molecule has 0 aromatic carbocycles. The van der Waals surface area contributed by atoms with E-state index < -0.39 is 0 Å². The van der Waals surface area contributed by atoms with Crippen LogP contribution in [0.3, 0.4) is 0 Å². The minimum atomic E-state index is 0.324. The molecule has 0 spiro atoms. The van der Waals surface area contributed by atoms with Gasteiger partial charge in [0.15, 0.2) is 0 Å². The third-order valence-electron chi connectivity index (χ3n) is 4.09. The molecule has 1 aliphatic heterocycles. The third-order valence-corrected chi connectivity index (χ3v) is 5.81. The topological polar surface area (TPSA) is 38.2 Å². The summed E-state index contributed by atoms with van der Waals surface area (Å²) in [5.74, 6) is 0.779. The average molecular weight is 321 g/mol. The molecule has 1 aliphatic carbocycles. The molecule has 4 rings (SSSR count). The summed E-state index contributed by atoms with van der Waals surface area (Å²) in [4.78, 5) is 11.5. The van der Waals surface area contributed by atoms with Gasteiger partial charge in [-0.25, -0.2) is 9.97 Å². The molecule has 3 heterocycles. The van der Waals surface area contributed by atoms with Crippen LogP contribution in [-0.2, 0) is 6.54 Å². The summed E-state index contributed by atoms with van der Waals surface area (Å²) in [6.45, 7) is 3.17. The van der Waals surface area contributed by atoms with Gasteiger partial charge >= 0.3 is 0 Å². The number of rotatable bonds is 5. The maximum atomic E-state index is 5.90. The molecule has 0 radical (unpaired) electrons. The standard InChI is InChI=1S/C15H19N3OS2/c1-2-11(1)14-17-12(10-21-14)9-18-6-3-13(4-7-18)19-15-16-5-8-20-15/h5,8,10-11,13H,1-4,6-7,9H2. The van der Waals surface area contributed by atoms with E-state index in [2.05, 4.69) is 15.3 Å². The molecule has 2 aromatic heterocycles. The Kier molecular flexibility index (Phi) is 3.92. The van der Waals surface area contributed by atoms with Gasteiger partial charge in [-0.3, -0.25) is 4.90 Å². The van der Waals surface area contributed by atoms with Crippen LogP contribution < -0.4 is 4.74 Å². The van der Waals surface area contributed by atoms with Crippen molar-refractivity contribution in [2.45, 2.75) is 44.2 Å². The molecule has 0 bridgehead atoms. The van der Waals surface area contributed by atoms with Gasteiger partial charge in [-0.2, -0.15) is 0 Å². The van der Waals surface area contributed by atoms with Crippen molar-refractivity contribution in [1.82, 2.24) is 14.9 Å². The number of piperidine rings is 1. The van der Waals surface area contributed by atoms with E-state index >= 15 is 0 Å². The fourth-order valence-electron chi connectivity index (χ4n) is 2.74. The van der Waals surface area contributed by atoms with Crippen molar-refractivity contribution in [3.05, 3.63) is 27.7 Å². The lowest BCUT2D eigenvalue weighted by atomic mass is 10.1. The van der Waals surface area contributed by atoms with Crippen LogP contribution >= 0.6 is 22.7 Å². The highest BCUT2D eigenvalue weighted by atomic mass is 32.1. The highest BCUT2D eigenvalue weighted by molar-refractivity contribution is 7.11. The Labute approximate surface area is 132 Å². The fraction of sp³-hybridized carbons (Fsp3) is 0.600. The Hall–Kier alpha value is -0.980. The fourth-order valence-corrected chi connectivity index (χ4v) is 4.27. The van der Waals surface area contributed by atoms with Gasteiger partial charge in [0.25, 0.3) is 5.19 Å².